The first-order valence-corrected chi connectivity index (χ1v) is 12.0. The molecule has 0 aromatic carbocycles. The van der Waals surface area contributed by atoms with Gasteiger partial charge in [0.05, 0.1) is 17.0 Å². The summed E-state index contributed by atoms with van der Waals surface area (Å²) in [6, 6.07) is 0.325. The molecule has 0 bridgehead atoms. The third-order valence-corrected chi connectivity index (χ3v) is 6.71. The molecule has 2 fully saturated rings. The van der Waals surface area contributed by atoms with Crippen molar-refractivity contribution in [2.75, 3.05) is 25.5 Å². The van der Waals surface area contributed by atoms with E-state index in [4.69, 9.17) is 14.7 Å². The second-order valence-electron chi connectivity index (χ2n) is 9.46. The van der Waals surface area contributed by atoms with E-state index in [2.05, 4.69) is 36.1 Å². The van der Waals surface area contributed by atoms with Crippen LogP contribution in [0.4, 0.5) is 5.95 Å². The van der Waals surface area contributed by atoms with E-state index >= 15 is 0 Å². The van der Waals surface area contributed by atoms with E-state index in [0.29, 0.717) is 23.8 Å². The quantitative estimate of drug-likeness (QED) is 0.688. The third kappa shape index (κ3) is 5.44. The highest BCUT2D eigenvalue weighted by atomic mass is 16.5. The number of aliphatic hydroxyl groups is 1. The van der Waals surface area contributed by atoms with Gasteiger partial charge in [0.1, 0.15) is 6.10 Å². The number of fused-ring (bicyclic) bond motifs is 1. The van der Waals surface area contributed by atoms with Gasteiger partial charge in [0, 0.05) is 30.5 Å². The topological polar surface area (TPSA) is 83.4 Å². The molecule has 0 amide bonds. The Labute approximate surface area is 185 Å². The van der Waals surface area contributed by atoms with Crippen LogP contribution in [0.3, 0.4) is 0 Å². The Hall–Kier alpha value is -1.99. The van der Waals surface area contributed by atoms with Gasteiger partial charge >= 0.3 is 0 Å². The van der Waals surface area contributed by atoms with Gasteiger partial charge in [-0.3, -0.25) is 0 Å². The number of ether oxygens (including phenoxy) is 1. The zero-order chi connectivity index (χ0) is 21.8. The van der Waals surface area contributed by atoms with Gasteiger partial charge in [-0.2, -0.15) is 0 Å². The average Bonchev–Trinajstić information content (AvgIpc) is 2.75. The Bertz CT molecular complexity index is 868. The molecule has 2 atom stereocenters. The number of anilines is 1. The van der Waals surface area contributed by atoms with Crippen molar-refractivity contribution in [3.8, 4) is 5.88 Å². The number of aromatic nitrogens is 3. The predicted octanol–water partition coefficient (Wildman–Crippen LogP) is 4.12. The standard InChI is InChI=1S/C24H37N5O2/c1-4-6-16(2)27-24-26-14-21-22(28-24)20(17-8-10-18(30)11-9-17)13-25-23(21)31-19-7-5-12-29(3)15-19/h13-14,16-19,30H,4-12,15H2,1-3H3,(H,26,27,28)/t16?,17?,18?,19-/m1/s1. The van der Waals surface area contributed by atoms with Gasteiger partial charge in [-0.15, -0.1) is 0 Å². The number of nitrogens with zero attached hydrogens (tertiary/aromatic N) is 4. The van der Waals surface area contributed by atoms with Crippen molar-refractivity contribution in [2.24, 2.45) is 0 Å². The van der Waals surface area contributed by atoms with Gasteiger partial charge in [0.2, 0.25) is 11.8 Å². The van der Waals surface area contributed by atoms with Crippen LogP contribution in [-0.4, -0.2) is 63.3 Å². The number of pyridine rings is 1. The number of hydrogen-bond acceptors (Lipinski definition) is 7. The zero-order valence-electron chi connectivity index (χ0n) is 19.2. The van der Waals surface area contributed by atoms with Gasteiger partial charge in [-0.05, 0) is 71.4 Å². The first-order chi connectivity index (χ1) is 15.0. The van der Waals surface area contributed by atoms with Crippen LogP contribution in [0.1, 0.15) is 76.7 Å². The summed E-state index contributed by atoms with van der Waals surface area (Å²) in [5.74, 6) is 1.67. The summed E-state index contributed by atoms with van der Waals surface area (Å²) in [6.07, 6.45) is 11.8. The maximum atomic E-state index is 9.95. The summed E-state index contributed by atoms with van der Waals surface area (Å²) in [5.41, 5.74) is 2.10. The maximum Gasteiger partial charge on any atom is 0.224 e. The molecule has 31 heavy (non-hydrogen) atoms. The molecule has 0 spiro atoms. The van der Waals surface area contributed by atoms with Crippen molar-refractivity contribution in [2.45, 2.75) is 89.4 Å². The number of likely N-dealkylation sites (tertiary alicyclic amines) is 1. The molecule has 7 nitrogen and oxygen atoms in total. The minimum absolute atomic E-state index is 0.146. The zero-order valence-corrected chi connectivity index (χ0v) is 19.2. The summed E-state index contributed by atoms with van der Waals surface area (Å²) in [5, 5.41) is 14.3. The second kappa shape index (κ2) is 10.1. The highest BCUT2D eigenvalue weighted by molar-refractivity contribution is 5.86. The number of aliphatic hydroxyl groups excluding tert-OH is 1. The molecule has 1 aliphatic heterocycles. The lowest BCUT2D eigenvalue weighted by atomic mass is 9.83. The summed E-state index contributed by atoms with van der Waals surface area (Å²) < 4.78 is 6.36. The normalized spacial score (nSPS) is 26.0. The summed E-state index contributed by atoms with van der Waals surface area (Å²) >= 11 is 0. The first kappa shape index (κ1) is 22.2. The van der Waals surface area contributed by atoms with Crippen LogP contribution in [0.15, 0.2) is 12.4 Å². The molecule has 1 aliphatic carbocycles. The van der Waals surface area contributed by atoms with Gasteiger partial charge in [-0.25, -0.2) is 15.0 Å². The molecule has 2 aromatic heterocycles. The molecule has 2 aliphatic rings. The van der Waals surface area contributed by atoms with Gasteiger partial charge in [0.15, 0.2) is 0 Å². The Kier molecular flexibility index (Phi) is 7.23. The number of nitrogens with one attached hydrogen (secondary N) is 1. The van der Waals surface area contributed by atoms with Crippen molar-refractivity contribution in [3.05, 3.63) is 18.0 Å². The van der Waals surface area contributed by atoms with Crippen LogP contribution >= 0.6 is 0 Å². The fourth-order valence-corrected chi connectivity index (χ4v) is 4.96. The third-order valence-electron chi connectivity index (χ3n) is 6.71. The molecule has 1 saturated heterocycles. The van der Waals surface area contributed by atoms with Crippen LogP contribution in [0.5, 0.6) is 5.88 Å². The fourth-order valence-electron chi connectivity index (χ4n) is 4.96. The van der Waals surface area contributed by atoms with Crippen LogP contribution in [0.25, 0.3) is 10.9 Å². The fraction of sp³-hybridized carbons (Fsp3) is 0.708. The molecular formula is C24H37N5O2. The van der Waals surface area contributed by atoms with Gasteiger partial charge in [-0.1, -0.05) is 13.3 Å². The van der Waals surface area contributed by atoms with Crippen molar-refractivity contribution in [1.29, 1.82) is 0 Å². The van der Waals surface area contributed by atoms with Gasteiger partial charge < -0.3 is 20.1 Å². The number of piperidine rings is 1. The average molecular weight is 428 g/mol. The van der Waals surface area contributed by atoms with E-state index in [1.165, 1.54) is 0 Å². The Balaban J connectivity index is 1.66. The maximum absolute atomic E-state index is 9.95. The smallest absolute Gasteiger partial charge is 0.224 e. The minimum atomic E-state index is -0.178. The number of rotatable bonds is 7. The predicted molar refractivity (Wildman–Crippen MR) is 124 cm³/mol. The van der Waals surface area contributed by atoms with Crippen LogP contribution in [0, 0.1) is 0 Å². The summed E-state index contributed by atoms with van der Waals surface area (Å²) in [4.78, 5) is 16.6. The van der Waals surface area contributed by atoms with E-state index in [9.17, 15) is 5.11 Å². The van der Waals surface area contributed by atoms with Gasteiger partial charge in [0.25, 0.3) is 0 Å². The lowest BCUT2D eigenvalue weighted by Gasteiger charge is -2.30. The minimum Gasteiger partial charge on any atom is -0.472 e. The highest BCUT2D eigenvalue weighted by Gasteiger charge is 2.26. The van der Waals surface area contributed by atoms with Crippen molar-refractivity contribution in [1.82, 2.24) is 19.9 Å². The van der Waals surface area contributed by atoms with Crippen LogP contribution in [0.2, 0.25) is 0 Å². The van der Waals surface area contributed by atoms with E-state index in [-0.39, 0.29) is 12.2 Å². The lowest BCUT2D eigenvalue weighted by molar-refractivity contribution is 0.101. The van der Waals surface area contributed by atoms with Crippen molar-refractivity contribution in [3.63, 3.8) is 0 Å². The monoisotopic (exact) mass is 427 g/mol. The van der Waals surface area contributed by atoms with E-state index in [0.717, 1.165) is 80.9 Å². The molecule has 2 N–H and O–H groups in total. The molecule has 0 radical (unpaired) electrons. The number of likely N-dealkylation sites (N-methyl/N-ethyl adjacent to an activating group) is 1. The molecule has 3 heterocycles. The van der Waals surface area contributed by atoms with Crippen molar-refractivity contribution < 1.29 is 9.84 Å². The van der Waals surface area contributed by atoms with Crippen LogP contribution < -0.4 is 10.1 Å². The molecular weight excluding hydrogens is 390 g/mol. The SMILES string of the molecule is CCCC(C)Nc1ncc2c(O[C@@H]3CCCN(C)C3)ncc(C3CCC(O)CC3)c2n1. The van der Waals surface area contributed by atoms with Crippen LogP contribution in [-0.2, 0) is 0 Å². The first-order valence-electron chi connectivity index (χ1n) is 12.0. The second-order valence-corrected chi connectivity index (χ2v) is 9.46. The van der Waals surface area contributed by atoms with E-state index in [1.807, 2.05) is 12.4 Å². The Morgan fingerprint density at radius 3 is 2.74 bits per heavy atom. The Morgan fingerprint density at radius 1 is 1.19 bits per heavy atom. The molecule has 170 valence electrons. The number of hydrogen-bond donors (Lipinski definition) is 2. The van der Waals surface area contributed by atoms with E-state index < -0.39 is 0 Å². The molecule has 7 heteroatoms. The Morgan fingerprint density at radius 2 is 2.00 bits per heavy atom. The lowest BCUT2D eigenvalue weighted by Crippen LogP contribution is -2.38. The molecule has 2 aromatic rings. The summed E-state index contributed by atoms with van der Waals surface area (Å²) in [6.45, 7) is 6.39. The largest absolute Gasteiger partial charge is 0.472 e. The summed E-state index contributed by atoms with van der Waals surface area (Å²) in [7, 11) is 2.14. The highest BCUT2D eigenvalue weighted by Crippen LogP contribution is 2.38. The molecule has 1 unspecified atom stereocenters. The molecule has 1 saturated carbocycles. The van der Waals surface area contributed by atoms with E-state index in [1.54, 1.807) is 0 Å². The van der Waals surface area contributed by atoms with Crippen molar-refractivity contribution >= 4 is 16.9 Å². The molecule has 4 rings (SSSR count).